The molecule has 1 atom stereocenters. The fourth-order valence-corrected chi connectivity index (χ4v) is 4.68. The fraction of sp³-hybridized carbons (Fsp3) is 0.357. The highest BCUT2D eigenvalue weighted by Gasteiger charge is 2.47. The molecule has 1 heterocycles. The summed E-state index contributed by atoms with van der Waals surface area (Å²) in [6, 6.07) is 11.9. The minimum absolute atomic E-state index is 0.0825. The van der Waals surface area contributed by atoms with Crippen molar-refractivity contribution < 1.29 is 41.9 Å². The molecule has 0 bridgehead atoms. The van der Waals surface area contributed by atoms with Gasteiger partial charge in [0.25, 0.3) is 5.69 Å². The lowest BCUT2D eigenvalue weighted by Crippen LogP contribution is -2.38. The largest absolute Gasteiger partial charge is 0.494 e. The van der Waals surface area contributed by atoms with Crippen LogP contribution in [0.3, 0.4) is 0 Å². The van der Waals surface area contributed by atoms with Crippen LogP contribution < -0.4 is 10.1 Å². The molecule has 1 aliphatic heterocycles. The number of ether oxygens (including phenoxy) is 3. The van der Waals surface area contributed by atoms with E-state index in [0.717, 1.165) is 43.0 Å². The van der Waals surface area contributed by atoms with Gasteiger partial charge in [-0.3, -0.25) is 10.1 Å². The van der Waals surface area contributed by atoms with Gasteiger partial charge in [0.05, 0.1) is 42.3 Å². The van der Waals surface area contributed by atoms with E-state index in [0.29, 0.717) is 18.8 Å². The number of benzene rings is 2. The van der Waals surface area contributed by atoms with E-state index in [2.05, 4.69) is 26.0 Å². The number of carbonyl (C=O) groups excluding carboxylic acids is 2. The summed E-state index contributed by atoms with van der Waals surface area (Å²) in [5.74, 6) is -3.29. The number of hydrogen-bond donors (Lipinski definition) is 1. The van der Waals surface area contributed by atoms with Gasteiger partial charge in [0, 0.05) is 29.6 Å². The maximum atomic E-state index is 14.0. The van der Waals surface area contributed by atoms with Crippen LogP contribution in [0.15, 0.2) is 71.1 Å². The van der Waals surface area contributed by atoms with Gasteiger partial charge in [-0.1, -0.05) is 40.2 Å². The van der Waals surface area contributed by atoms with Gasteiger partial charge in [-0.15, -0.1) is 0 Å². The van der Waals surface area contributed by atoms with Crippen molar-refractivity contribution >= 4 is 33.6 Å². The van der Waals surface area contributed by atoms with Crippen molar-refractivity contribution in [3.05, 3.63) is 92.3 Å². The second kappa shape index (κ2) is 14.2. The summed E-state index contributed by atoms with van der Waals surface area (Å²) in [5.41, 5.74) is -2.54. The average Bonchev–Trinajstić information content (AvgIpc) is 2.94. The van der Waals surface area contributed by atoms with Gasteiger partial charge in [-0.05, 0) is 43.0 Å². The lowest BCUT2D eigenvalue weighted by Gasteiger charge is -2.31. The maximum absolute atomic E-state index is 14.0. The zero-order chi connectivity index (χ0) is 30.2. The second-order valence-corrected chi connectivity index (χ2v) is 9.79. The SMILES string of the molecule is COC(=O)C1=C(C(F)(F)F)NC(C)=C(C(=O)OCCc2ccc(OCCCCBr)cc2)C1c1cccc([N+](=O)[O-])c1. The maximum Gasteiger partial charge on any atom is 0.431 e. The lowest BCUT2D eigenvalue weighted by molar-refractivity contribution is -0.384. The number of methoxy groups -OCH3 is 1. The first-order chi connectivity index (χ1) is 19.5. The number of halogens is 4. The topological polar surface area (TPSA) is 117 Å². The van der Waals surface area contributed by atoms with Crippen LogP contribution in [-0.4, -0.2) is 48.7 Å². The number of nitro groups is 1. The van der Waals surface area contributed by atoms with Crippen LogP contribution in [0.2, 0.25) is 0 Å². The minimum Gasteiger partial charge on any atom is -0.494 e. The molecular weight excluding hydrogens is 613 g/mol. The van der Waals surface area contributed by atoms with E-state index in [4.69, 9.17) is 9.47 Å². The Labute approximate surface area is 242 Å². The highest BCUT2D eigenvalue weighted by Crippen LogP contribution is 2.44. The molecule has 1 N–H and O–H groups in total. The molecule has 1 aliphatic rings. The Bertz CT molecular complexity index is 1340. The van der Waals surface area contributed by atoms with Crippen LogP contribution in [0, 0.1) is 10.1 Å². The van der Waals surface area contributed by atoms with Crippen molar-refractivity contribution in [1.29, 1.82) is 0 Å². The van der Waals surface area contributed by atoms with E-state index >= 15 is 0 Å². The molecule has 2 aromatic rings. The van der Waals surface area contributed by atoms with Crippen LogP contribution >= 0.6 is 15.9 Å². The highest BCUT2D eigenvalue weighted by atomic mass is 79.9. The van der Waals surface area contributed by atoms with Gasteiger partial charge in [-0.25, -0.2) is 9.59 Å². The van der Waals surface area contributed by atoms with Gasteiger partial charge < -0.3 is 19.5 Å². The Kier molecular flexibility index (Phi) is 10.9. The number of carbonyl (C=O) groups is 2. The molecular formula is C28H28BrF3N2O7. The highest BCUT2D eigenvalue weighted by molar-refractivity contribution is 9.09. The Morgan fingerprint density at radius 1 is 1.05 bits per heavy atom. The summed E-state index contributed by atoms with van der Waals surface area (Å²) in [6.07, 6.45) is -2.83. The minimum atomic E-state index is -5.02. The Hall–Kier alpha value is -3.87. The van der Waals surface area contributed by atoms with E-state index in [1.54, 1.807) is 24.3 Å². The molecule has 0 spiro atoms. The van der Waals surface area contributed by atoms with Gasteiger partial charge >= 0.3 is 18.1 Å². The Morgan fingerprint density at radius 3 is 2.37 bits per heavy atom. The number of nitrogens with one attached hydrogen (secondary N) is 1. The first kappa shape index (κ1) is 31.7. The third kappa shape index (κ3) is 8.09. The predicted molar refractivity (Wildman–Crippen MR) is 146 cm³/mol. The number of dihydropyridines is 1. The third-order valence-electron chi connectivity index (χ3n) is 6.23. The van der Waals surface area contributed by atoms with Crippen molar-refractivity contribution in [1.82, 2.24) is 5.32 Å². The number of rotatable bonds is 12. The zero-order valence-corrected chi connectivity index (χ0v) is 23.8. The van der Waals surface area contributed by atoms with Crippen LogP contribution in [-0.2, 0) is 25.5 Å². The summed E-state index contributed by atoms with van der Waals surface area (Å²) < 4.78 is 57.8. The summed E-state index contributed by atoms with van der Waals surface area (Å²) >= 11 is 3.36. The number of alkyl halides is 4. The van der Waals surface area contributed by atoms with E-state index < -0.39 is 45.9 Å². The molecule has 2 aromatic carbocycles. The van der Waals surface area contributed by atoms with Gasteiger partial charge in [0.2, 0.25) is 0 Å². The van der Waals surface area contributed by atoms with E-state index in [-0.39, 0.29) is 23.4 Å². The molecule has 13 heteroatoms. The Balaban J connectivity index is 1.87. The summed E-state index contributed by atoms with van der Waals surface area (Å²) in [5, 5.41) is 14.4. The number of nitro benzene ring substituents is 1. The number of nitrogens with zero attached hydrogens (tertiary/aromatic N) is 1. The van der Waals surface area contributed by atoms with Crippen molar-refractivity contribution in [2.75, 3.05) is 25.7 Å². The van der Waals surface area contributed by atoms with Crippen LogP contribution in [0.4, 0.5) is 18.9 Å². The molecule has 0 radical (unpaired) electrons. The standard InChI is InChI=1S/C28H28BrF3N2O7/c1-17-22(27(36)41-15-12-18-8-10-21(11-9-18)40-14-4-3-13-29)23(19-6-5-7-20(16-19)34(37)38)24(26(35)39-2)25(33-17)28(30,31)32/h5-11,16,23,33H,3-4,12-15H2,1-2H3. The molecule has 0 saturated carbocycles. The molecule has 0 saturated heterocycles. The van der Waals surface area contributed by atoms with E-state index in [9.17, 15) is 32.9 Å². The number of esters is 2. The van der Waals surface area contributed by atoms with Crippen molar-refractivity contribution in [3.8, 4) is 5.75 Å². The third-order valence-corrected chi connectivity index (χ3v) is 6.79. The monoisotopic (exact) mass is 640 g/mol. The first-order valence-corrected chi connectivity index (χ1v) is 13.7. The van der Waals surface area contributed by atoms with Gasteiger partial charge in [-0.2, -0.15) is 13.2 Å². The lowest BCUT2D eigenvalue weighted by atomic mass is 9.80. The molecule has 0 fully saturated rings. The smallest absolute Gasteiger partial charge is 0.431 e. The number of unbranched alkanes of at least 4 members (excludes halogenated alkanes) is 1. The molecule has 1 unspecified atom stereocenters. The summed E-state index contributed by atoms with van der Waals surface area (Å²) in [7, 11) is 0.899. The van der Waals surface area contributed by atoms with Crippen molar-refractivity contribution in [2.24, 2.45) is 0 Å². The average molecular weight is 641 g/mol. The predicted octanol–water partition coefficient (Wildman–Crippen LogP) is 5.88. The van der Waals surface area contributed by atoms with Gasteiger partial charge in [0.1, 0.15) is 11.4 Å². The summed E-state index contributed by atoms with van der Waals surface area (Å²) in [4.78, 5) is 36.6. The van der Waals surface area contributed by atoms with Crippen molar-refractivity contribution in [2.45, 2.75) is 38.3 Å². The van der Waals surface area contributed by atoms with Gasteiger partial charge in [0.15, 0.2) is 0 Å². The Morgan fingerprint density at radius 2 is 1.76 bits per heavy atom. The molecule has 41 heavy (non-hydrogen) atoms. The second-order valence-electron chi connectivity index (χ2n) is 9.00. The molecule has 3 rings (SSSR count). The van der Waals surface area contributed by atoms with Crippen LogP contribution in [0.5, 0.6) is 5.75 Å². The molecule has 0 aromatic heterocycles. The fourth-order valence-electron chi connectivity index (χ4n) is 4.28. The quantitative estimate of drug-likeness (QED) is 0.100. The number of allylic oxidation sites excluding steroid dienone is 2. The number of hydrogen-bond acceptors (Lipinski definition) is 8. The molecule has 220 valence electrons. The van der Waals surface area contributed by atoms with E-state index in [1.807, 2.05) is 0 Å². The van der Waals surface area contributed by atoms with Crippen LogP contribution in [0.1, 0.15) is 36.8 Å². The van der Waals surface area contributed by atoms with Crippen molar-refractivity contribution in [3.63, 3.8) is 0 Å². The zero-order valence-electron chi connectivity index (χ0n) is 22.3. The summed E-state index contributed by atoms with van der Waals surface area (Å²) in [6.45, 7) is 1.69. The first-order valence-electron chi connectivity index (χ1n) is 12.5. The van der Waals surface area contributed by atoms with E-state index in [1.165, 1.54) is 19.1 Å². The normalized spacial score (nSPS) is 15.3. The molecule has 0 amide bonds. The number of non-ortho nitro benzene ring substituents is 1. The molecule has 0 aliphatic carbocycles. The van der Waals surface area contributed by atoms with Crippen LogP contribution in [0.25, 0.3) is 0 Å². The molecule has 9 nitrogen and oxygen atoms in total.